The molecule has 0 bridgehead atoms. The van der Waals surface area contributed by atoms with Gasteiger partial charge in [-0.3, -0.25) is 0 Å². The second-order valence-electron chi connectivity index (χ2n) is 4.63. The first kappa shape index (κ1) is 13.9. The summed E-state index contributed by atoms with van der Waals surface area (Å²) in [6, 6.07) is 13.8. The Kier molecular flexibility index (Phi) is 4.46. The van der Waals surface area contributed by atoms with Gasteiger partial charge >= 0.3 is 0 Å². The van der Waals surface area contributed by atoms with E-state index in [4.69, 9.17) is 22.1 Å². The highest BCUT2D eigenvalue weighted by molar-refractivity contribution is 6.31. The first-order chi connectivity index (χ1) is 9.11. The van der Waals surface area contributed by atoms with E-state index in [1.54, 1.807) is 7.11 Å². The predicted molar refractivity (Wildman–Crippen MR) is 79.8 cm³/mol. The van der Waals surface area contributed by atoms with Crippen LogP contribution in [0, 0.1) is 6.92 Å². The van der Waals surface area contributed by atoms with E-state index >= 15 is 0 Å². The summed E-state index contributed by atoms with van der Waals surface area (Å²) >= 11 is 6.16. The van der Waals surface area contributed by atoms with E-state index < -0.39 is 0 Å². The average Bonchev–Trinajstić information content (AvgIpc) is 2.41. The number of methoxy groups -OCH3 is 1. The largest absolute Gasteiger partial charge is 0.496 e. The summed E-state index contributed by atoms with van der Waals surface area (Å²) in [6.45, 7) is 2.02. The number of hydrogen-bond acceptors (Lipinski definition) is 2. The summed E-state index contributed by atoms with van der Waals surface area (Å²) in [6.07, 6.45) is 0.728. The maximum atomic E-state index is 6.26. The molecule has 0 saturated heterocycles. The van der Waals surface area contributed by atoms with E-state index in [0.29, 0.717) is 0 Å². The van der Waals surface area contributed by atoms with Crippen molar-refractivity contribution in [1.29, 1.82) is 0 Å². The van der Waals surface area contributed by atoms with Gasteiger partial charge in [-0.15, -0.1) is 0 Å². The molecule has 2 nitrogen and oxygen atoms in total. The maximum absolute atomic E-state index is 6.26. The number of nitrogens with two attached hydrogens (primary N) is 1. The van der Waals surface area contributed by atoms with Crippen LogP contribution < -0.4 is 10.5 Å². The molecule has 2 rings (SSSR count). The van der Waals surface area contributed by atoms with Crippen molar-refractivity contribution >= 4 is 11.6 Å². The molecule has 0 aliphatic carbocycles. The van der Waals surface area contributed by atoms with Gasteiger partial charge in [0.05, 0.1) is 7.11 Å². The molecule has 2 N–H and O–H groups in total. The molecule has 2 aromatic carbocycles. The summed E-state index contributed by atoms with van der Waals surface area (Å²) in [7, 11) is 1.67. The van der Waals surface area contributed by atoms with Crippen molar-refractivity contribution in [2.24, 2.45) is 5.73 Å². The van der Waals surface area contributed by atoms with Gasteiger partial charge in [0, 0.05) is 11.1 Å². The van der Waals surface area contributed by atoms with E-state index in [1.807, 2.05) is 43.3 Å². The van der Waals surface area contributed by atoms with Crippen molar-refractivity contribution in [2.45, 2.75) is 19.4 Å². The number of hydrogen-bond donors (Lipinski definition) is 1. The minimum Gasteiger partial charge on any atom is -0.496 e. The van der Waals surface area contributed by atoms with Gasteiger partial charge in [-0.25, -0.2) is 0 Å². The zero-order valence-electron chi connectivity index (χ0n) is 11.2. The predicted octanol–water partition coefficient (Wildman–Crippen LogP) is 3.90. The van der Waals surface area contributed by atoms with Crippen LogP contribution in [0.2, 0.25) is 5.02 Å². The van der Waals surface area contributed by atoms with Crippen molar-refractivity contribution in [2.75, 3.05) is 7.11 Å². The Bertz CT molecular complexity index is 568. The van der Waals surface area contributed by atoms with Crippen LogP contribution in [-0.4, -0.2) is 7.11 Å². The number of ether oxygens (including phenoxy) is 1. The zero-order valence-corrected chi connectivity index (χ0v) is 11.9. The van der Waals surface area contributed by atoms with Gasteiger partial charge in [-0.2, -0.15) is 0 Å². The highest BCUT2D eigenvalue weighted by atomic mass is 35.5. The third-order valence-corrected chi connectivity index (χ3v) is 3.61. The van der Waals surface area contributed by atoms with Crippen molar-refractivity contribution in [1.82, 2.24) is 0 Å². The molecule has 1 atom stereocenters. The molecule has 19 heavy (non-hydrogen) atoms. The lowest BCUT2D eigenvalue weighted by molar-refractivity contribution is 0.411. The lowest BCUT2D eigenvalue weighted by atomic mass is 9.98. The Morgan fingerprint density at radius 1 is 1.21 bits per heavy atom. The highest BCUT2D eigenvalue weighted by Gasteiger charge is 2.10. The SMILES string of the molecule is COc1ccc(C(N)Cc2ccccc2Cl)cc1C. The van der Waals surface area contributed by atoms with Crippen LogP contribution >= 0.6 is 11.6 Å². The molecule has 3 heteroatoms. The van der Waals surface area contributed by atoms with Gasteiger partial charge in [0.1, 0.15) is 5.75 Å². The zero-order chi connectivity index (χ0) is 13.8. The average molecular weight is 276 g/mol. The van der Waals surface area contributed by atoms with Gasteiger partial charge in [-0.05, 0) is 42.2 Å². The standard InChI is InChI=1S/C16H18ClNO/c1-11-9-13(7-8-16(11)19-2)15(18)10-12-5-3-4-6-14(12)17/h3-9,15H,10,18H2,1-2H3. The normalized spacial score (nSPS) is 12.2. The topological polar surface area (TPSA) is 35.2 Å². The molecule has 0 amide bonds. The second kappa shape index (κ2) is 6.09. The molecule has 0 aliphatic heterocycles. The van der Waals surface area contributed by atoms with E-state index in [-0.39, 0.29) is 6.04 Å². The third-order valence-electron chi connectivity index (χ3n) is 3.24. The minimum atomic E-state index is -0.0653. The smallest absolute Gasteiger partial charge is 0.121 e. The minimum absolute atomic E-state index is 0.0653. The van der Waals surface area contributed by atoms with Crippen molar-refractivity contribution in [3.8, 4) is 5.75 Å². The fraction of sp³-hybridized carbons (Fsp3) is 0.250. The molecule has 0 saturated carbocycles. The quantitative estimate of drug-likeness (QED) is 0.918. The van der Waals surface area contributed by atoms with Crippen LogP contribution in [0.1, 0.15) is 22.7 Å². The summed E-state index contributed by atoms with van der Waals surface area (Å²) in [5, 5.41) is 0.767. The molecule has 0 aliphatic rings. The monoisotopic (exact) mass is 275 g/mol. The summed E-state index contributed by atoms with van der Waals surface area (Å²) in [4.78, 5) is 0. The van der Waals surface area contributed by atoms with E-state index in [1.165, 1.54) is 0 Å². The van der Waals surface area contributed by atoms with Crippen molar-refractivity contribution < 1.29 is 4.74 Å². The molecule has 100 valence electrons. The Labute approximate surface area is 119 Å². The van der Waals surface area contributed by atoms with E-state index in [9.17, 15) is 0 Å². The van der Waals surface area contributed by atoms with Gasteiger partial charge in [0.2, 0.25) is 0 Å². The van der Waals surface area contributed by atoms with Crippen molar-refractivity contribution in [3.05, 3.63) is 64.2 Å². The van der Waals surface area contributed by atoms with Gasteiger partial charge in [-0.1, -0.05) is 41.9 Å². The molecule has 1 unspecified atom stereocenters. The number of rotatable bonds is 4. The summed E-state index contributed by atoms with van der Waals surface area (Å²) in [5.74, 6) is 0.883. The maximum Gasteiger partial charge on any atom is 0.121 e. The molecule has 0 heterocycles. The second-order valence-corrected chi connectivity index (χ2v) is 5.04. The van der Waals surface area contributed by atoms with Gasteiger partial charge < -0.3 is 10.5 Å². The van der Waals surface area contributed by atoms with E-state index in [2.05, 4.69) is 6.07 Å². The Hall–Kier alpha value is -1.51. The Balaban J connectivity index is 2.18. The fourth-order valence-corrected chi connectivity index (χ4v) is 2.36. The first-order valence-corrected chi connectivity index (χ1v) is 6.63. The van der Waals surface area contributed by atoms with Gasteiger partial charge in [0.15, 0.2) is 0 Å². The molecular weight excluding hydrogens is 258 g/mol. The van der Waals surface area contributed by atoms with Crippen LogP contribution in [0.15, 0.2) is 42.5 Å². The van der Waals surface area contributed by atoms with Crippen LogP contribution in [-0.2, 0) is 6.42 Å². The lowest BCUT2D eigenvalue weighted by Gasteiger charge is -2.15. The molecular formula is C16H18ClNO. The molecule has 0 aromatic heterocycles. The van der Waals surface area contributed by atoms with Crippen LogP contribution in [0.25, 0.3) is 0 Å². The number of benzene rings is 2. The number of halogens is 1. The molecule has 0 spiro atoms. The van der Waals surface area contributed by atoms with Crippen LogP contribution in [0.3, 0.4) is 0 Å². The fourth-order valence-electron chi connectivity index (χ4n) is 2.15. The van der Waals surface area contributed by atoms with E-state index in [0.717, 1.165) is 33.9 Å². The number of aryl methyl sites for hydroxylation is 1. The Morgan fingerprint density at radius 3 is 2.58 bits per heavy atom. The van der Waals surface area contributed by atoms with Crippen LogP contribution in [0.5, 0.6) is 5.75 Å². The van der Waals surface area contributed by atoms with Crippen LogP contribution in [0.4, 0.5) is 0 Å². The lowest BCUT2D eigenvalue weighted by Crippen LogP contribution is -2.13. The molecule has 2 aromatic rings. The summed E-state index contributed by atoms with van der Waals surface area (Å²) < 4.78 is 5.26. The third kappa shape index (κ3) is 3.28. The summed E-state index contributed by atoms with van der Waals surface area (Å²) in [5.41, 5.74) is 9.52. The Morgan fingerprint density at radius 2 is 1.95 bits per heavy atom. The highest BCUT2D eigenvalue weighted by Crippen LogP contribution is 2.25. The van der Waals surface area contributed by atoms with Gasteiger partial charge in [0.25, 0.3) is 0 Å². The molecule has 0 fully saturated rings. The van der Waals surface area contributed by atoms with Crippen molar-refractivity contribution in [3.63, 3.8) is 0 Å². The first-order valence-electron chi connectivity index (χ1n) is 6.25. The molecule has 0 radical (unpaired) electrons.